The minimum absolute atomic E-state index is 0.444. The summed E-state index contributed by atoms with van der Waals surface area (Å²) in [5.74, 6) is 1.55. The number of nitrogens with zero attached hydrogens (tertiary/aromatic N) is 1. The molecule has 0 bridgehead atoms. The maximum absolute atomic E-state index is 5.83. The van der Waals surface area contributed by atoms with Crippen LogP contribution in [0, 0.1) is 0 Å². The van der Waals surface area contributed by atoms with Crippen LogP contribution >= 0.6 is 11.6 Å². The highest BCUT2D eigenvalue weighted by Crippen LogP contribution is 2.18. The summed E-state index contributed by atoms with van der Waals surface area (Å²) < 4.78 is 11.0. The Morgan fingerprint density at radius 3 is 3.11 bits per heavy atom. The van der Waals surface area contributed by atoms with Gasteiger partial charge in [0.2, 0.25) is 0 Å². The van der Waals surface area contributed by atoms with Gasteiger partial charge in [0.25, 0.3) is 0 Å². The van der Waals surface area contributed by atoms with Crippen LogP contribution in [0.1, 0.15) is 18.2 Å². The predicted molar refractivity (Wildman–Crippen MR) is 69.7 cm³/mol. The second-order valence-electron chi connectivity index (χ2n) is 3.78. The fourth-order valence-corrected chi connectivity index (χ4v) is 1.69. The molecule has 0 aliphatic heterocycles. The normalized spacial score (nSPS) is 10.6. The number of furan rings is 1. The highest BCUT2D eigenvalue weighted by molar-refractivity contribution is 6.30. The molecular weight excluding hydrogens is 252 g/mol. The first-order chi connectivity index (χ1) is 8.79. The second kappa shape index (κ2) is 6.42. The first-order valence-electron chi connectivity index (χ1n) is 5.79. The third-order valence-corrected chi connectivity index (χ3v) is 2.65. The van der Waals surface area contributed by atoms with Crippen molar-refractivity contribution in [1.29, 1.82) is 0 Å². The fraction of sp³-hybridized carbons (Fsp3) is 0.308. The van der Waals surface area contributed by atoms with Crippen molar-refractivity contribution in [3.63, 3.8) is 0 Å². The van der Waals surface area contributed by atoms with E-state index in [4.69, 9.17) is 20.8 Å². The molecule has 0 saturated carbocycles. The SMILES string of the molecule is CCNCc1occc1COc1cncc(Cl)c1. The first-order valence-corrected chi connectivity index (χ1v) is 6.16. The van der Waals surface area contributed by atoms with Crippen molar-refractivity contribution >= 4 is 11.6 Å². The summed E-state index contributed by atoms with van der Waals surface area (Å²) in [6.45, 7) is 4.10. The third kappa shape index (κ3) is 3.48. The molecule has 0 aromatic carbocycles. The lowest BCUT2D eigenvalue weighted by Crippen LogP contribution is -2.12. The Bertz CT molecular complexity index is 499. The molecule has 18 heavy (non-hydrogen) atoms. The van der Waals surface area contributed by atoms with Crippen molar-refractivity contribution in [2.75, 3.05) is 6.54 Å². The van der Waals surface area contributed by atoms with Gasteiger partial charge in [-0.3, -0.25) is 4.98 Å². The zero-order valence-corrected chi connectivity index (χ0v) is 10.9. The molecular formula is C13H15ClN2O2. The molecule has 0 aliphatic rings. The maximum atomic E-state index is 5.83. The van der Waals surface area contributed by atoms with Gasteiger partial charge in [0.05, 0.1) is 24.0 Å². The lowest BCUT2D eigenvalue weighted by molar-refractivity contribution is 0.300. The van der Waals surface area contributed by atoms with Gasteiger partial charge >= 0.3 is 0 Å². The third-order valence-electron chi connectivity index (χ3n) is 2.45. The summed E-state index contributed by atoms with van der Waals surface area (Å²) in [6, 6.07) is 3.64. The lowest BCUT2D eigenvalue weighted by Gasteiger charge is -2.06. The van der Waals surface area contributed by atoms with Gasteiger partial charge in [0.15, 0.2) is 0 Å². The fourth-order valence-electron chi connectivity index (χ4n) is 1.52. The minimum atomic E-state index is 0.444. The zero-order valence-electron chi connectivity index (χ0n) is 10.1. The Hall–Kier alpha value is -1.52. The molecule has 0 spiro atoms. The smallest absolute Gasteiger partial charge is 0.139 e. The topological polar surface area (TPSA) is 47.3 Å². The van der Waals surface area contributed by atoms with Crippen LogP contribution in [-0.2, 0) is 13.2 Å². The molecule has 2 aromatic heterocycles. The molecule has 5 heteroatoms. The van der Waals surface area contributed by atoms with Crippen LogP contribution < -0.4 is 10.1 Å². The van der Waals surface area contributed by atoms with Crippen LogP contribution in [0.5, 0.6) is 5.75 Å². The van der Waals surface area contributed by atoms with E-state index in [9.17, 15) is 0 Å². The molecule has 0 unspecified atom stereocenters. The van der Waals surface area contributed by atoms with Crippen molar-refractivity contribution in [1.82, 2.24) is 10.3 Å². The molecule has 2 heterocycles. The summed E-state index contributed by atoms with van der Waals surface area (Å²) >= 11 is 5.83. The van der Waals surface area contributed by atoms with Gasteiger partial charge in [-0.15, -0.1) is 0 Å². The van der Waals surface area contributed by atoms with E-state index in [0.29, 0.717) is 23.9 Å². The monoisotopic (exact) mass is 266 g/mol. The van der Waals surface area contributed by atoms with Crippen molar-refractivity contribution in [3.8, 4) is 5.75 Å². The first kappa shape index (κ1) is 12.9. The molecule has 0 amide bonds. The Morgan fingerprint density at radius 2 is 2.33 bits per heavy atom. The van der Waals surface area contributed by atoms with Crippen LogP contribution in [0.15, 0.2) is 35.2 Å². The summed E-state index contributed by atoms with van der Waals surface area (Å²) in [5.41, 5.74) is 1.02. The van der Waals surface area contributed by atoms with Gasteiger partial charge in [-0.05, 0) is 12.6 Å². The van der Waals surface area contributed by atoms with Crippen molar-refractivity contribution in [3.05, 3.63) is 47.1 Å². The molecule has 0 fully saturated rings. The van der Waals surface area contributed by atoms with Crippen molar-refractivity contribution in [2.45, 2.75) is 20.1 Å². The molecule has 4 nitrogen and oxygen atoms in total. The Labute approximate surface area is 111 Å². The Kier molecular flexibility index (Phi) is 4.61. The standard InChI is InChI=1S/C13H15ClN2O2/c1-2-15-8-13-10(3-4-17-13)9-18-12-5-11(14)6-16-7-12/h3-7,15H,2,8-9H2,1H3. The number of hydrogen-bond acceptors (Lipinski definition) is 4. The Balaban J connectivity index is 1.95. The zero-order chi connectivity index (χ0) is 12.8. The van der Waals surface area contributed by atoms with Crippen molar-refractivity contribution < 1.29 is 9.15 Å². The molecule has 0 atom stereocenters. The van der Waals surface area contributed by atoms with Gasteiger partial charge in [-0.25, -0.2) is 0 Å². The van der Waals surface area contributed by atoms with Crippen LogP contribution in [-0.4, -0.2) is 11.5 Å². The van der Waals surface area contributed by atoms with Crippen molar-refractivity contribution in [2.24, 2.45) is 0 Å². The van der Waals surface area contributed by atoms with Gasteiger partial charge in [0.1, 0.15) is 18.1 Å². The lowest BCUT2D eigenvalue weighted by atomic mass is 10.2. The molecule has 0 saturated heterocycles. The number of aromatic nitrogens is 1. The molecule has 0 radical (unpaired) electrons. The molecule has 1 N–H and O–H groups in total. The van der Waals surface area contributed by atoms with E-state index in [-0.39, 0.29) is 0 Å². The number of pyridine rings is 1. The van der Waals surface area contributed by atoms with E-state index < -0.39 is 0 Å². The van der Waals surface area contributed by atoms with Gasteiger partial charge in [-0.2, -0.15) is 0 Å². The van der Waals surface area contributed by atoms with Crippen LogP contribution in [0.4, 0.5) is 0 Å². The predicted octanol–water partition coefficient (Wildman–Crippen LogP) is 3.02. The summed E-state index contributed by atoms with van der Waals surface area (Å²) in [7, 11) is 0. The number of nitrogens with one attached hydrogen (secondary N) is 1. The summed E-state index contributed by atoms with van der Waals surface area (Å²) in [5, 5.41) is 3.78. The molecule has 96 valence electrons. The van der Waals surface area contributed by atoms with E-state index in [0.717, 1.165) is 17.9 Å². The number of halogens is 1. The van der Waals surface area contributed by atoms with Crippen LogP contribution in [0.3, 0.4) is 0 Å². The molecule has 0 aliphatic carbocycles. The summed E-state index contributed by atoms with van der Waals surface area (Å²) in [6.07, 6.45) is 4.88. The molecule has 2 aromatic rings. The van der Waals surface area contributed by atoms with Crippen LogP contribution in [0.2, 0.25) is 5.02 Å². The number of ether oxygens (including phenoxy) is 1. The van der Waals surface area contributed by atoms with Gasteiger partial charge < -0.3 is 14.5 Å². The largest absolute Gasteiger partial charge is 0.487 e. The van der Waals surface area contributed by atoms with E-state index in [1.165, 1.54) is 0 Å². The number of hydrogen-bond donors (Lipinski definition) is 1. The average molecular weight is 267 g/mol. The molecule has 2 rings (SSSR count). The maximum Gasteiger partial charge on any atom is 0.139 e. The highest BCUT2D eigenvalue weighted by Gasteiger charge is 2.06. The average Bonchev–Trinajstić information content (AvgIpc) is 2.81. The quantitative estimate of drug-likeness (QED) is 0.873. The minimum Gasteiger partial charge on any atom is -0.487 e. The van der Waals surface area contributed by atoms with Gasteiger partial charge in [0, 0.05) is 17.8 Å². The second-order valence-corrected chi connectivity index (χ2v) is 4.21. The van der Waals surface area contributed by atoms with E-state index >= 15 is 0 Å². The van der Waals surface area contributed by atoms with E-state index in [2.05, 4.69) is 17.2 Å². The van der Waals surface area contributed by atoms with Gasteiger partial charge in [-0.1, -0.05) is 18.5 Å². The Morgan fingerprint density at radius 1 is 1.44 bits per heavy atom. The van der Waals surface area contributed by atoms with E-state index in [1.807, 2.05) is 6.07 Å². The summed E-state index contributed by atoms with van der Waals surface area (Å²) in [4.78, 5) is 3.96. The van der Waals surface area contributed by atoms with Crippen LogP contribution in [0.25, 0.3) is 0 Å². The van der Waals surface area contributed by atoms with E-state index in [1.54, 1.807) is 24.7 Å². The number of rotatable bonds is 6. The highest BCUT2D eigenvalue weighted by atomic mass is 35.5.